The highest BCUT2D eigenvalue weighted by Gasteiger charge is 2.16. The standard InChI is InChI=1S/C25H39N9O10/c26-32-29-1-4-36-7-10-39-13-16-42-23-19-22(21-35)20-24(43-17-14-40-11-8-37-5-2-30-33-27)25(23)44-18-15-41-12-9-38-6-3-31-34-28/h19-21H,1-18H2. The first kappa shape index (κ1) is 38.0. The summed E-state index contributed by atoms with van der Waals surface area (Å²) in [7, 11) is 0. The lowest BCUT2D eigenvalue weighted by atomic mass is 10.2. The topological polar surface area (TPSA) is 246 Å². The van der Waals surface area contributed by atoms with Crippen LogP contribution in [0.3, 0.4) is 0 Å². The highest BCUT2D eigenvalue weighted by molar-refractivity contribution is 5.78. The molecule has 0 spiro atoms. The molecule has 1 aromatic rings. The maximum absolute atomic E-state index is 11.6. The van der Waals surface area contributed by atoms with Gasteiger partial charge in [-0.2, -0.15) is 0 Å². The summed E-state index contributed by atoms with van der Waals surface area (Å²) in [5.41, 5.74) is 25.1. The molecule has 0 heterocycles. The Balaban J connectivity index is 2.61. The summed E-state index contributed by atoms with van der Waals surface area (Å²) in [6.45, 7) is 4.77. The van der Waals surface area contributed by atoms with Crippen LogP contribution in [0.5, 0.6) is 17.2 Å². The van der Waals surface area contributed by atoms with Crippen molar-refractivity contribution in [1.82, 2.24) is 0 Å². The zero-order valence-corrected chi connectivity index (χ0v) is 24.6. The van der Waals surface area contributed by atoms with Gasteiger partial charge >= 0.3 is 0 Å². The number of carbonyl (C=O) groups is 1. The van der Waals surface area contributed by atoms with E-state index in [1.165, 1.54) is 12.1 Å². The van der Waals surface area contributed by atoms with Crippen LogP contribution in [0.1, 0.15) is 10.4 Å². The average Bonchev–Trinajstić information content (AvgIpc) is 3.04. The smallest absolute Gasteiger partial charge is 0.203 e. The molecule has 0 aliphatic heterocycles. The van der Waals surface area contributed by atoms with Crippen molar-refractivity contribution in [3.63, 3.8) is 0 Å². The van der Waals surface area contributed by atoms with E-state index in [0.29, 0.717) is 71.3 Å². The van der Waals surface area contributed by atoms with Crippen molar-refractivity contribution in [3.05, 3.63) is 49.0 Å². The number of hydrogen-bond acceptors (Lipinski definition) is 13. The fourth-order valence-corrected chi connectivity index (χ4v) is 3.06. The van der Waals surface area contributed by atoms with Crippen LogP contribution in [0.2, 0.25) is 0 Å². The van der Waals surface area contributed by atoms with Crippen LogP contribution in [0.4, 0.5) is 0 Å². The van der Waals surface area contributed by atoms with Crippen molar-refractivity contribution in [3.8, 4) is 17.2 Å². The number of aldehydes is 1. The maximum Gasteiger partial charge on any atom is 0.203 e. The SMILES string of the molecule is [N-]=[N+]=NCCOCCOCCOc1cc(C=O)cc(OCCOCCOCCN=[N+]=[N-])c1OCCOCCOCCN=[N+]=[N-]. The highest BCUT2D eigenvalue weighted by atomic mass is 16.6. The van der Waals surface area contributed by atoms with Crippen LogP contribution in [-0.4, -0.2) is 125 Å². The lowest BCUT2D eigenvalue weighted by Gasteiger charge is -2.18. The number of ether oxygens (including phenoxy) is 9. The van der Waals surface area contributed by atoms with Crippen LogP contribution in [0.15, 0.2) is 27.5 Å². The van der Waals surface area contributed by atoms with E-state index in [1.54, 1.807) is 0 Å². The van der Waals surface area contributed by atoms with Gasteiger partial charge in [0.05, 0.1) is 79.3 Å². The molecule has 0 amide bonds. The van der Waals surface area contributed by atoms with Gasteiger partial charge in [-0.05, 0) is 28.7 Å². The Morgan fingerprint density at radius 1 is 0.500 bits per heavy atom. The molecule has 1 aromatic carbocycles. The Morgan fingerprint density at radius 3 is 1.16 bits per heavy atom. The van der Waals surface area contributed by atoms with Crippen LogP contribution >= 0.6 is 0 Å². The summed E-state index contributed by atoms with van der Waals surface area (Å²) in [6.07, 6.45) is 0.670. The molecule has 0 N–H and O–H groups in total. The monoisotopic (exact) mass is 625 g/mol. The third kappa shape index (κ3) is 20.8. The molecule has 0 aliphatic carbocycles. The molecule has 0 aliphatic rings. The third-order valence-electron chi connectivity index (χ3n) is 4.94. The van der Waals surface area contributed by atoms with Gasteiger partial charge in [0, 0.05) is 39.9 Å². The number of benzene rings is 1. The van der Waals surface area contributed by atoms with Crippen molar-refractivity contribution in [2.45, 2.75) is 0 Å². The summed E-state index contributed by atoms with van der Waals surface area (Å²) in [6, 6.07) is 3.08. The van der Waals surface area contributed by atoms with Gasteiger partial charge in [-0.3, -0.25) is 4.79 Å². The fourth-order valence-electron chi connectivity index (χ4n) is 3.06. The zero-order chi connectivity index (χ0) is 31.8. The van der Waals surface area contributed by atoms with E-state index < -0.39 is 0 Å². The number of hydrogen-bond donors (Lipinski definition) is 0. The Labute approximate surface area is 254 Å². The Kier molecular flexibility index (Phi) is 25.1. The van der Waals surface area contributed by atoms with Crippen LogP contribution in [-0.2, 0) is 28.4 Å². The minimum absolute atomic E-state index is 0.152. The van der Waals surface area contributed by atoms with Gasteiger partial charge in [-0.25, -0.2) is 0 Å². The quantitative estimate of drug-likeness (QED) is 0.0380. The molecule has 0 unspecified atom stereocenters. The van der Waals surface area contributed by atoms with Crippen LogP contribution in [0.25, 0.3) is 31.3 Å². The molecule has 244 valence electrons. The Bertz CT molecular complexity index is 992. The summed E-state index contributed by atoms with van der Waals surface area (Å²) in [5, 5.41) is 10.1. The maximum atomic E-state index is 11.6. The number of carbonyl (C=O) groups excluding carboxylic acids is 1. The average molecular weight is 626 g/mol. The molecule has 19 nitrogen and oxygen atoms in total. The van der Waals surface area contributed by atoms with E-state index in [1.807, 2.05) is 0 Å². The molecule has 0 aromatic heterocycles. The van der Waals surface area contributed by atoms with E-state index in [0.717, 1.165) is 0 Å². The minimum atomic E-state index is 0.152. The molecule has 0 bridgehead atoms. The van der Waals surface area contributed by atoms with E-state index in [2.05, 4.69) is 30.1 Å². The minimum Gasteiger partial charge on any atom is -0.487 e. The summed E-state index contributed by atoms with van der Waals surface area (Å²) in [4.78, 5) is 19.6. The van der Waals surface area contributed by atoms with Gasteiger partial charge in [-0.15, -0.1) is 0 Å². The van der Waals surface area contributed by atoms with Gasteiger partial charge < -0.3 is 42.6 Å². The number of rotatable bonds is 31. The third-order valence-corrected chi connectivity index (χ3v) is 4.94. The molecular weight excluding hydrogens is 586 g/mol. The predicted molar refractivity (Wildman–Crippen MR) is 155 cm³/mol. The Hall–Kier alpha value is -4.02. The second kappa shape index (κ2) is 29.1. The van der Waals surface area contributed by atoms with Gasteiger partial charge in [-0.1, -0.05) is 15.3 Å². The first-order chi connectivity index (χ1) is 21.8. The van der Waals surface area contributed by atoms with Crippen molar-refractivity contribution in [2.75, 3.05) is 119 Å². The summed E-state index contributed by atoms with van der Waals surface area (Å²) >= 11 is 0. The number of azide groups is 3. The second-order valence-electron chi connectivity index (χ2n) is 8.05. The molecule has 0 fully saturated rings. The predicted octanol–water partition coefficient (Wildman–Crippen LogP) is 3.67. The first-order valence-electron chi connectivity index (χ1n) is 13.8. The van der Waals surface area contributed by atoms with Gasteiger partial charge in [0.15, 0.2) is 11.5 Å². The number of nitrogens with zero attached hydrogens (tertiary/aromatic N) is 9. The van der Waals surface area contributed by atoms with E-state index in [9.17, 15) is 4.79 Å². The molecule has 0 radical (unpaired) electrons. The van der Waals surface area contributed by atoms with Crippen molar-refractivity contribution < 1.29 is 47.4 Å². The van der Waals surface area contributed by atoms with Crippen molar-refractivity contribution in [2.24, 2.45) is 15.3 Å². The zero-order valence-electron chi connectivity index (χ0n) is 24.6. The Morgan fingerprint density at radius 2 is 0.818 bits per heavy atom. The van der Waals surface area contributed by atoms with Crippen molar-refractivity contribution >= 4 is 6.29 Å². The van der Waals surface area contributed by atoms with Crippen molar-refractivity contribution in [1.29, 1.82) is 0 Å². The van der Waals surface area contributed by atoms with Gasteiger partial charge in [0.25, 0.3) is 0 Å². The van der Waals surface area contributed by atoms with E-state index in [4.69, 9.17) is 59.2 Å². The first-order valence-corrected chi connectivity index (χ1v) is 13.8. The van der Waals surface area contributed by atoms with Crippen LogP contribution < -0.4 is 14.2 Å². The molecule has 44 heavy (non-hydrogen) atoms. The van der Waals surface area contributed by atoms with E-state index >= 15 is 0 Å². The molecule has 0 saturated heterocycles. The van der Waals surface area contributed by atoms with E-state index in [-0.39, 0.29) is 76.5 Å². The molecule has 1 rings (SSSR count). The molecular formula is C25H39N9O10. The summed E-state index contributed by atoms with van der Waals surface area (Å²) < 4.78 is 50.0. The molecule has 0 saturated carbocycles. The normalized spacial score (nSPS) is 10.3. The molecule has 0 atom stereocenters. The largest absolute Gasteiger partial charge is 0.487 e. The van der Waals surface area contributed by atoms with Gasteiger partial charge in [0.2, 0.25) is 5.75 Å². The van der Waals surface area contributed by atoms with Gasteiger partial charge in [0.1, 0.15) is 26.1 Å². The fraction of sp³-hybridized carbons (Fsp3) is 0.720. The highest BCUT2D eigenvalue weighted by Crippen LogP contribution is 2.38. The summed E-state index contributed by atoms with van der Waals surface area (Å²) in [5.74, 6) is 0.858. The second-order valence-corrected chi connectivity index (χ2v) is 8.05. The lowest BCUT2D eigenvalue weighted by molar-refractivity contribution is 0.0331. The lowest BCUT2D eigenvalue weighted by Crippen LogP contribution is -2.15. The molecule has 19 heteroatoms. The van der Waals surface area contributed by atoms with Crippen LogP contribution in [0, 0.1) is 0 Å².